The highest BCUT2D eigenvalue weighted by Gasteiger charge is 2.11. The third-order valence-electron chi connectivity index (χ3n) is 2.29. The number of carbonyl (C=O) groups is 1. The van der Waals surface area contributed by atoms with E-state index in [1.54, 1.807) is 25.3 Å². The van der Waals surface area contributed by atoms with Gasteiger partial charge >= 0.3 is 5.97 Å². The van der Waals surface area contributed by atoms with Crippen molar-refractivity contribution in [3.63, 3.8) is 0 Å². The molecule has 6 heteroatoms. The Kier molecular flexibility index (Phi) is 3.92. The third-order valence-corrected chi connectivity index (χ3v) is 2.29. The molecule has 0 amide bonds. The normalized spacial score (nSPS) is 9.79. The van der Waals surface area contributed by atoms with Crippen LogP contribution in [0.4, 0.5) is 0 Å². The van der Waals surface area contributed by atoms with E-state index < -0.39 is 5.97 Å². The average Bonchev–Trinajstić information content (AvgIpc) is 2.47. The van der Waals surface area contributed by atoms with Gasteiger partial charge in [-0.3, -0.25) is 4.98 Å². The number of carbonyl (C=O) groups excluding carboxylic acids is 1. The van der Waals surface area contributed by atoms with Crippen LogP contribution in [0.2, 0.25) is 0 Å². The Morgan fingerprint density at radius 1 is 1.11 bits per heavy atom. The fraction of sp³-hybridized carbons (Fsp3) is 0.154. The van der Waals surface area contributed by atoms with Crippen molar-refractivity contribution < 1.29 is 19.0 Å². The van der Waals surface area contributed by atoms with Gasteiger partial charge < -0.3 is 14.2 Å². The lowest BCUT2D eigenvalue weighted by molar-refractivity contribution is 0.0592. The molecule has 0 radical (unpaired) electrons. The molecule has 0 aliphatic carbocycles. The number of nitrogens with zero attached hydrogens (tertiary/aromatic N) is 2. The molecule has 6 nitrogen and oxygen atoms in total. The van der Waals surface area contributed by atoms with Gasteiger partial charge in [0.2, 0.25) is 5.88 Å². The molecule has 1 aromatic heterocycles. The van der Waals surface area contributed by atoms with E-state index in [1.807, 2.05) is 6.07 Å². The van der Waals surface area contributed by atoms with E-state index in [9.17, 15) is 4.79 Å². The third kappa shape index (κ3) is 2.98. The zero-order chi connectivity index (χ0) is 13.7. The number of esters is 1. The molecule has 0 aliphatic heterocycles. The lowest BCUT2D eigenvalue weighted by Crippen LogP contribution is -2.05. The van der Waals surface area contributed by atoms with Crippen molar-refractivity contribution in [2.24, 2.45) is 0 Å². The SMILES string of the molecule is COC(=O)c1cncc(Oc2ccccc2OC)n1. The zero-order valence-corrected chi connectivity index (χ0v) is 10.5. The smallest absolute Gasteiger partial charge is 0.358 e. The van der Waals surface area contributed by atoms with Gasteiger partial charge in [-0.25, -0.2) is 9.78 Å². The quantitative estimate of drug-likeness (QED) is 0.784. The fourth-order valence-electron chi connectivity index (χ4n) is 1.42. The number of hydrogen-bond acceptors (Lipinski definition) is 6. The van der Waals surface area contributed by atoms with Crippen LogP contribution in [0.1, 0.15) is 10.5 Å². The van der Waals surface area contributed by atoms with Crippen molar-refractivity contribution in [2.45, 2.75) is 0 Å². The highest BCUT2D eigenvalue weighted by molar-refractivity contribution is 5.86. The van der Waals surface area contributed by atoms with E-state index in [1.165, 1.54) is 19.5 Å². The molecule has 0 saturated heterocycles. The predicted molar refractivity (Wildman–Crippen MR) is 66.4 cm³/mol. The number of ether oxygens (including phenoxy) is 3. The maximum atomic E-state index is 11.3. The number of benzene rings is 1. The first-order chi connectivity index (χ1) is 9.24. The number of para-hydroxylation sites is 2. The summed E-state index contributed by atoms with van der Waals surface area (Å²) in [4.78, 5) is 19.2. The van der Waals surface area contributed by atoms with Gasteiger partial charge in [0.05, 0.1) is 26.6 Å². The van der Waals surface area contributed by atoms with Gasteiger partial charge in [-0.2, -0.15) is 0 Å². The van der Waals surface area contributed by atoms with E-state index in [-0.39, 0.29) is 11.6 Å². The standard InChI is InChI=1S/C13H12N2O4/c1-17-10-5-3-4-6-11(10)19-12-8-14-7-9(15-12)13(16)18-2/h3-8H,1-2H3. The first-order valence-corrected chi connectivity index (χ1v) is 5.46. The monoisotopic (exact) mass is 260 g/mol. The van der Waals surface area contributed by atoms with Gasteiger partial charge in [-0.1, -0.05) is 12.1 Å². The summed E-state index contributed by atoms with van der Waals surface area (Å²) in [6, 6.07) is 7.11. The molecule has 0 saturated carbocycles. The minimum atomic E-state index is -0.571. The summed E-state index contributed by atoms with van der Waals surface area (Å²) in [6.07, 6.45) is 2.71. The summed E-state index contributed by atoms with van der Waals surface area (Å²) in [5.74, 6) is 0.666. The molecule has 0 unspecified atom stereocenters. The van der Waals surface area contributed by atoms with Gasteiger partial charge in [0.15, 0.2) is 17.2 Å². The second-order valence-corrected chi connectivity index (χ2v) is 3.49. The molecular formula is C13H12N2O4. The van der Waals surface area contributed by atoms with E-state index in [0.29, 0.717) is 11.5 Å². The van der Waals surface area contributed by atoms with Crippen molar-refractivity contribution in [1.82, 2.24) is 9.97 Å². The maximum absolute atomic E-state index is 11.3. The van der Waals surface area contributed by atoms with Crippen LogP contribution in [0.3, 0.4) is 0 Å². The molecule has 0 aliphatic rings. The van der Waals surface area contributed by atoms with E-state index in [4.69, 9.17) is 9.47 Å². The van der Waals surface area contributed by atoms with Gasteiger partial charge in [0, 0.05) is 0 Å². The summed E-state index contributed by atoms with van der Waals surface area (Å²) >= 11 is 0. The van der Waals surface area contributed by atoms with E-state index in [2.05, 4.69) is 14.7 Å². The first kappa shape index (κ1) is 12.8. The molecule has 2 rings (SSSR count). The van der Waals surface area contributed by atoms with Crippen molar-refractivity contribution >= 4 is 5.97 Å². The summed E-state index contributed by atoms with van der Waals surface area (Å²) in [6.45, 7) is 0. The van der Waals surface area contributed by atoms with Crippen LogP contribution >= 0.6 is 0 Å². The fourth-order valence-corrected chi connectivity index (χ4v) is 1.42. The van der Waals surface area contributed by atoms with Crippen molar-refractivity contribution in [2.75, 3.05) is 14.2 Å². The van der Waals surface area contributed by atoms with Crippen LogP contribution in [0.15, 0.2) is 36.7 Å². The highest BCUT2D eigenvalue weighted by atomic mass is 16.5. The highest BCUT2D eigenvalue weighted by Crippen LogP contribution is 2.29. The first-order valence-electron chi connectivity index (χ1n) is 5.46. The molecule has 0 N–H and O–H groups in total. The molecule has 2 aromatic rings. The van der Waals surface area contributed by atoms with Crippen LogP contribution in [-0.2, 0) is 4.74 Å². The lowest BCUT2D eigenvalue weighted by Gasteiger charge is -2.09. The summed E-state index contributed by atoms with van der Waals surface area (Å²) in [5.41, 5.74) is 0.0786. The summed E-state index contributed by atoms with van der Waals surface area (Å²) in [7, 11) is 2.82. The van der Waals surface area contributed by atoms with Gasteiger partial charge in [0.25, 0.3) is 0 Å². The average molecular weight is 260 g/mol. The molecule has 0 atom stereocenters. The summed E-state index contributed by atoms with van der Waals surface area (Å²) in [5, 5.41) is 0. The summed E-state index contributed by atoms with van der Waals surface area (Å²) < 4.78 is 15.2. The Hall–Kier alpha value is -2.63. The number of methoxy groups -OCH3 is 2. The Balaban J connectivity index is 2.26. The lowest BCUT2D eigenvalue weighted by atomic mass is 10.3. The second kappa shape index (κ2) is 5.81. The predicted octanol–water partition coefficient (Wildman–Crippen LogP) is 2.06. The molecule has 1 aromatic carbocycles. The van der Waals surface area contributed by atoms with Crippen molar-refractivity contribution in [3.05, 3.63) is 42.4 Å². The molecule has 0 spiro atoms. The molecule has 0 bridgehead atoms. The second-order valence-electron chi connectivity index (χ2n) is 3.49. The van der Waals surface area contributed by atoms with E-state index >= 15 is 0 Å². The van der Waals surface area contributed by atoms with Crippen LogP contribution in [0.25, 0.3) is 0 Å². The van der Waals surface area contributed by atoms with Gasteiger partial charge in [0.1, 0.15) is 0 Å². The minimum absolute atomic E-state index is 0.0786. The maximum Gasteiger partial charge on any atom is 0.358 e. The molecular weight excluding hydrogens is 248 g/mol. The van der Waals surface area contributed by atoms with Crippen molar-refractivity contribution in [1.29, 1.82) is 0 Å². The largest absolute Gasteiger partial charge is 0.493 e. The van der Waals surface area contributed by atoms with Gasteiger partial charge in [-0.15, -0.1) is 0 Å². The van der Waals surface area contributed by atoms with Crippen LogP contribution < -0.4 is 9.47 Å². The number of rotatable bonds is 4. The Labute approximate surface area is 110 Å². The van der Waals surface area contributed by atoms with Crippen molar-refractivity contribution in [3.8, 4) is 17.4 Å². The Bertz CT molecular complexity index is 586. The molecule has 98 valence electrons. The van der Waals surface area contributed by atoms with Crippen LogP contribution in [0, 0.1) is 0 Å². The molecule has 1 heterocycles. The number of aromatic nitrogens is 2. The molecule has 19 heavy (non-hydrogen) atoms. The molecule has 0 fully saturated rings. The van der Waals surface area contributed by atoms with E-state index in [0.717, 1.165) is 0 Å². The topological polar surface area (TPSA) is 70.5 Å². The van der Waals surface area contributed by atoms with Gasteiger partial charge in [-0.05, 0) is 12.1 Å². The van der Waals surface area contributed by atoms with Crippen LogP contribution in [0.5, 0.6) is 17.4 Å². The van der Waals surface area contributed by atoms with Crippen LogP contribution in [-0.4, -0.2) is 30.2 Å². The Morgan fingerprint density at radius 2 is 1.84 bits per heavy atom. The Morgan fingerprint density at radius 3 is 2.53 bits per heavy atom. The zero-order valence-electron chi connectivity index (χ0n) is 10.5. The number of hydrogen-bond donors (Lipinski definition) is 0. The minimum Gasteiger partial charge on any atom is -0.493 e.